The number of carbonyl (C=O) groups is 1. The number of likely N-dealkylation sites (tertiary alicyclic amines) is 1. The molecule has 1 aromatic heterocycles. The number of piperidine rings is 1. The highest BCUT2D eigenvalue weighted by Gasteiger charge is 2.29. The maximum absolute atomic E-state index is 13.1. The molecule has 0 radical (unpaired) electrons. The number of carbonyl (C=O) groups excluding carboxylic acids is 1. The molecule has 1 fully saturated rings. The van der Waals surface area contributed by atoms with E-state index in [1.807, 2.05) is 23.4 Å². The quantitative estimate of drug-likeness (QED) is 0.852. The van der Waals surface area contributed by atoms with Crippen molar-refractivity contribution in [3.63, 3.8) is 0 Å². The number of rotatable bonds is 4. The van der Waals surface area contributed by atoms with Crippen LogP contribution in [0.25, 0.3) is 0 Å². The molecule has 1 aliphatic heterocycles. The number of hydrogen-bond acceptors (Lipinski definition) is 5. The highest BCUT2D eigenvalue weighted by atomic mass is 16.5. The lowest BCUT2D eigenvalue weighted by Gasteiger charge is -2.33. The van der Waals surface area contributed by atoms with Crippen molar-refractivity contribution in [2.45, 2.75) is 32.7 Å². The van der Waals surface area contributed by atoms with Gasteiger partial charge in [-0.05, 0) is 38.8 Å². The highest BCUT2D eigenvalue weighted by molar-refractivity contribution is 5.97. The number of aryl methyl sites for hydroxylation is 2. The van der Waals surface area contributed by atoms with Crippen LogP contribution in [0.3, 0.4) is 0 Å². The number of methoxy groups -OCH3 is 2. The molecule has 2 aromatic rings. The monoisotopic (exact) mass is 344 g/mol. The molecule has 1 atom stereocenters. The number of nitrogens with zero attached hydrogens (tertiary/aromatic N) is 4. The van der Waals surface area contributed by atoms with Gasteiger partial charge in [-0.2, -0.15) is 5.10 Å². The molecular weight excluding hydrogens is 320 g/mol. The fraction of sp³-hybridized carbons (Fsp3) is 0.500. The van der Waals surface area contributed by atoms with E-state index in [4.69, 9.17) is 9.47 Å². The van der Waals surface area contributed by atoms with Crippen LogP contribution in [0.5, 0.6) is 11.5 Å². The van der Waals surface area contributed by atoms with Gasteiger partial charge >= 0.3 is 0 Å². The Morgan fingerprint density at radius 2 is 2.04 bits per heavy atom. The summed E-state index contributed by atoms with van der Waals surface area (Å²) < 4.78 is 12.7. The second-order valence-electron chi connectivity index (χ2n) is 6.24. The van der Waals surface area contributed by atoms with E-state index in [0.717, 1.165) is 31.0 Å². The van der Waals surface area contributed by atoms with Crippen molar-refractivity contribution in [2.24, 2.45) is 0 Å². The van der Waals surface area contributed by atoms with E-state index in [9.17, 15) is 4.79 Å². The molecule has 0 spiro atoms. The summed E-state index contributed by atoms with van der Waals surface area (Å²) in [5.74, 6) is 2.63. The van der Waals surface area contributed by atoms with Crippen molar-refractivity contribution < 1.29 is 14.3 Å². The Labute approximate surface area is 147 Å². The molecule has 3 rings (SSSR count). The van der Waals surface area contributed by atoms with E-state index in [-0.39, 0.29) is 11.9 Å². The second-order valence-corrected chi connectivity index (χ2v) is 6.24. The summed E-state index contributed by atoms with van der Waals surface area (Å²) in [7, 11) is 3.12. The van der Waals surface area contributed by atoms with Gasteiger partial charge < -0.3 is 14.4 Å². The number of hydrogen-bond donors (Lipinski definition) is 0. The van der Waals surface area contributed by atoms with Crippen LogP contribution in [0, 0.1) is 13.8 Å². The third-order valence-corrected chi connectivity index (χ3v) is 4.57. The molecule has 0 saturated carbocycles. The number of para-hydroxylation sites is 1. The minimum atomic E-state index is -0.0464. The van der Waals surface area contributed by atoms with Gasteiger partial charge in [-0.3, -0.25) is 4.79 Å². The van der Waals surface area contributed by atoms with Crippen LogP contribution in [-0.4, -0.2) is 52.9 Å². The van der Waals surface area contributed by atoms with Gasteiger partial charge in [0.25, 0.3) is 5.91 Å². The molecule has 7 heteroatoms. The van der Waals surface area contributed by atoms with Gasteiger partial charge in [0.15, 0.2) is 11.5 Å². The lowest BCUT2D eigenvalue weighted by atomic mass is 10.0. The van der Waals surface area contributed by atoms with Gasteiger partial charge in [0.2, 0.25) is 0 Å². The number of aromatic nitrogens is 3. The first-order chi connectivity index (χ1) is 12.0. The SMILES string of the molecule is COc1cccc(C(=O)N2CCCC(n3nc(C)nc3C)C2)c1OC. The van der Waals surface area contributed by atoms with Crippen LogP contribution in [0.2, 0.25) is 0 Å². The normalized spacial score (nSPS) is 17.4. The van der Waals surface area contributed by atoms with Crippen LogP contribution in [-0.2, 0) is 0 Å². The number of amides is 1. The summed E-state index contributed by atoms with van der Waals surface area (Å²) in [5.41, 5.74) is 0.522. The van der Waals surface area contributed by atoms with Crippen LogP contribution in [0.4, 0.5) is 0 Å². The van der Waals surface area contributed by atoms with Crippen LogP contribution in [0.1, 0.15) is 40.9 Å². The summed E-state index contributed by atoms with van der Waals surface area (Å²) in [5, 5.41) is 4.48. The molecule has 134 valence electrons. The number of benzene rings is 1. The lowest BCUT2D eigenvalue weighted by molar-refractivity contribution is 0.0667. The Hall–Kier alpha value is -2.57. The number of ether oxygens (including phenoxy) is 2. The minimum absolute atomic E-state index is 0.0464. The fourth-order valence-corrected chi connectivity index (χ4v) is 3.45. The van der Waals surface area contributed by atoms with Gasteiger partial charge in [0.1, 0.15) is 11.6 Å². The lowest BCUT2D eigenvalue weighted by Crippen LogP contribution is -2.41. The molecule has 1 aromatic carbocycles. The first-order valence-corrected chi connectivity index (χ1v) is 8.45. The summed E-state index contributed by atoms with van der Waals surface area (Å²) in [6.07, 6.45) is 1.92. The van der Waals surface area contributed by atoms with Crippen molar-refractivity contribution in [2.75, 3.05) is 27.3 Å². The first-order valence-electron chi connectivity index (χ1n) is 8.45. The predicted octanol–water partition coefficient (Wildman–Crippen LogP) is 2.39. The Morgan fingerprint density at radius 1 is 1.24 bits per heavy atom. The molecule has 25 heavy (non-hydrogen) atoms. The highest BCUT2D eigenvalue weighted by Crippen LogP contribution is 2.32. The third-order valence-electron chi connectivity index (χ3n) is 4.57. The van der Waals surface area contributed by atoms with Crippen molar-refractivity contribution in [3.05, 3.63) is 35.4 Å². The van der Waals surface area contributed by atoms with Gasteiger partial charge in [0, 0.05) is 13.1 Å². The smallest absolute Gasteiger partial charge is 0.257 e. The van der Waals surface area contributed by atoms with Gasteiger partial charge in [0.05, 0.1) is 25.8 Å². The molecule has 0 N–H and O–H groups in total. The molecule has 7 nitrogen and oxygen atoms in total. The zero-order valence-electron chi connectivity index (χ0n) is 15.2. The van der Waals surface area contributed by atoms with Gasteiger partial charge in [-0.15, -0.1) is 0 Å². The Morgan fingerprint density at radius 3 is 2.68 bits per heavy atom. The predicted molar refractivity (Wildman–Crippen MR) is 93.2 cm³/mol. The van der Waals surface area contributed by atoms with E-state index in [0.29, 0.717) is 23.6 Å². The summed E-state index contributed by atoms with van der Waals surface area (Å²) in [6, 6.07) is 5.52. The summed E-state index contributed by atoms with van der Waals surface area (Å²) in [4.78, 5) is 19.3. The molecule has 0 aliphatic carbocycles. The van der Waals surface area contributed by atoms with E-state index in [1.54, 1.807) is 32.4 Å². The third kappa shape index (κ3) is 3.31. The summed E-state index contributed by atoms with van der Waals surface area (Å²) >= 11 is 0. The van der Waals surface area contributed by atoms with E-state index < -0.39 is 0 Å². The Kier molecular flexibility index (Phi) is 4.92. The van der Waals surface area contributed by atoms with Crippen LogP contribution >= 0.6 is 0 Å². The van der Waals surface area contributed by atoms with Crippen molar-refractivity contribution in [3.8, 4) is 11.5 Å². The standard InChI is InChI=1S/C18H24N4O3/c1-12-19-13(2)22(20-12)14-7-6-10-21(11-14)18(23)15-8-5-9-16(24-3)17(15)25-4/h5,8-9,14H,6-7,10-11H2,1-4H3. The maximum atomic E-state index is 13.1. The zero-order valence-corrected chi connectivity index (χ0v) is 15.2. The average molecular weight is 344 g/mol. The molecule has 1 amide bonds. The molecule has 1 aliphatic rings. The topological polar surface area (TPSA) is 69.5 Å². The first kappa shape index (κ1) is 17.3. The second kappa shape index (κ2) is 7.13. The Bertz CT molecular complexity index is 772. The van der Waals surface area contributed by atoms with Gasteiger partial charge in [-0.1, -0.05) is 6.07 Å². The van der Waals surface area contributed by atoms with E-state index in [1.165, 1.54) is 0 Å². The largest absolute Gasteiger partial charge is 0.493 e. The van der Waals surface area contributed by atoms with Crippen LogP contribution in [0.15, 0.2) is 18.2 Å². The summed E-state index contributed by atoms with van der Waals surface area (Å²) in [6.45, 7) is 5.17. The molecule has 1 saturated heterocycles. The molecular formula is C18H24N4O3. The van der Waals surface area contributed by atoms with E-state index >= 15 is 0 Å². The minimum Gasteiger partial charge on any atom is -0.493 e. The van der Waals surface area contributed by atoms with Crippen molar-refractivity contribution in [1.29, 1.82) is 0 Å². The van der Waals surface area contributed by atoms with Crippen molar-refractivity contribution in [1.82, 2.24) is 19.7 Å². The maximum Gasteiger partial charge on any atom is 0.257 e. The van der Waals surface area contributed by atoms with Gasteiger partial charge in [-0.25, -0.2) is 9.67 Å². The molecule has 0 bridgehead atoms. The molecule has 1 unspecified atom stereocenters. The Balaban J connectivity index is 1.84. The van der Waals surface area contributed by atoms with Crippen LogP contribution < -0.4 is 9.47 Å². The fourth-order valence-electron chi connectivity index (χ4n) is 3.45. The van der Waals surface area contributed by atoms with Crippen molar-refractivity contribution >= 4 is 5.91 Å². The van der Waals surface area contributed by atoms with E-state index in [2.05, 4.69) is 10.1 Å². The zero-order chi connectivity index (χ0) is 18.0. The molecule has 2 heterocycles. The average Bonchev–Trinajstić information content (AvgIpc) is 2.98.